The highest BCUT2D eigenvalue weighted by molar-refractivity contribution is 5.76. The Labute approximate surface area is 142 Å². The molecule has 0 aliphatic carbocycles. The van der Waals surface area contributed by atoms with Gasteiger partial charge in [-0.3, -0.25) is 0 Å². The number of hydrogen-bond acceptors (Lipinski definition) is 4. The van der Waals surface area contributed by atoms with E-state index in [0.29, 0.717) is 0 Å². The van der Waals surface area contributed by atoms with Gasteiger partial charge in [0.2, 0.25) is 0 Å². The largest absolute Gasteiger partial charge is 0.354 e. The first-order chi connectivity index (χ1) is 11.7. The van der Waals surface area contributed by atoms with Gasteiger partial charge in [-0.25, -0.2) is 9.50 Å². The average Bonchev–Trinajstić information content (AvgIpc) is 2.81. The number of aryl methyl sites for hydroxylation is 2. The fraction of sp³-hybridized carbons (Fsp3) is 0.368. The first-order valence-corrected chi connectivity index (χ1v) is 8.60. The van der Waals surface area contributed by atoms with Gasteiger partial charge >= 0.3 is 0 Å². The van der Waals surface area contributed by atoms with Crippen LogP contribution in [0.3, 0.4) is 0 Å². The summed E-state index contributed by atoms with van der Waals surface area (Å²) in [5, 5.41) is 8.23. The maximum Gasteiger partial charge on any atom is 0.154 e. The lowest BCUT2D eigenvalue weighted by Gasteiger charge is -2.21. The minimum atomic E-state index is 0.983. The number of hydrogen-bond donors (Lipinski definition) is 1. The topological polar surface area (TPSA) is 45.5 Å². The second-order valence-corrected chi connectivity index (χ2v) is 6.52. The van der Waals surface area contributed by atoms with E-state index in [1.807, 2.05) is 16.9 Å². The summed E-state index contributed by atoms with van der Waals surface area (Å²) in [6.07, 6.45) is 4.92. The number of rotatable bonds is 2. The van der Waals surface area contributed by atoms with Crippen molar-refractivity contribution in [2.75, 3.05) is 31.1 Å². The van der Waals surface area contributed by atoms with Crippen molar-refractivity contribution in [2.24, 2.45) is 0 Å². The van der Waals surface area contributed by atoms with E-state index in [9.17, 15) is 0 Å². The molecule has 0 bridgehead atoms. The molecule has 0 amide bonds. The maximum absolute atomic E-state index is 4.79. The first kappa shape index (κ1) is 15.1. The predicted molar refractivity (Wildman–Crippen MR) is 97.6 cm³/mol. The van der Waals surface area contributed by atoms with E-state index in [-0.39, 0.29) is 0 Å². The molecule has 0 atom stereocenters. The van der Waals surface area contributed by atoms with Crippen LogP contribution < -0.4 is 10.2 Å². The average molecular weight is 321 g/mol. The van der Waals surface area contributed by atoms with Crippen molar-refractivity contribution in [1.29, 1.82) is 0 Å². The molecular formula is C19H23N5. The predicted octanol–water partition coefficient (Wildman–Crippen LogP) is 2.81. The number of nitrogens with zero attached hydrogens (tertiary/aromatic N) is 4. The second kappa shape index (κ2) is 6.24. The number of benzene rings is 1. The third-order valence-electron chi connectivity index (χ3n) is 4.67. The Morgan fingerprint density at radius 2 is 2.00 bits per heavy atom. The Balaban J connectivity index is 1.79. The Kier molecular flexibility index (Phi) is 3.94. The minimum Gasteiger partial charge on any atom is -0.354 e. The molecular weight excluding hydrogens is 298 g/mol. The lowest BCUT2D eigenvalue weighted by atomic mass is 10.0. The highest BCUT2D eigenvalue weighted by Gasteiger charge is 2.16. The van der Waals surface area contributed by atoms with Crippen molar-refractivity contribution < 1.29 is 0 Å². The van der Waals surface area contributed by atoms with Crippen molar-refractivity contribution in [3.8, 4) is 11.3 Å². The zero-order chi connectivity index (χ0) is 16.5. The summed E-state index contributed by atoms with van der Waals surface area (Å²) in [6.45, 7) is 8.36. The van der Waals surface area contributed by atoms with Gasteiger partial charge in [-0.05, 0) is 38.4 Å². The molecule has 5 heteroatoms. The molecule has 4 rings (SSSR count). The highest BCUT2D eigenvalue weighted by atomic mass is 15.3. The van der Waals surface area contributed by atoms with E-state index in [1.54, 1.807) is 0 Å². The molecule has 1 aliphatic heterocycles. The van der Waals surface area contributed by atoms with E-state index in [0.717, 1.165) is 49.6 Å². The van der Waals surface area contributed by atoms with Crippen LogP contribution in [0, 0.1) is 13.8 Å². The van der Waals surface area contributed by atoms with Crippen LogP contribution in [0.2, 0.25) is 0 Å². The molecule has 1 aliphatic rings. The van der Waals surface area contributed by atoms with Crippen LogP contribution in [0.1, 0.15) is 17.5 Å². The van der Waals surface area contributed by atoms with Gasteiger partial charge < -0.3 is 10.2 Å². The molecule has 1 fully saturated rings. The van der Waals surface area contributed by atoms with Crippen molar-refractivity contribution in [1.82, 2.24) is 19.9 Å². The fourth-order valence-electron chi connectivity index (χ4n) is 3.44. The van der Waals surface area contributed by atoms with Gasteiger partial charge in [0.1, 0.15) is 5.52 Å². The molecule has 1 aromatic carbocycles. The minimum absolute atomic E-state index is 0.983. The molecule has 2 aromatic heterocycles. The molecule has 0 saturated carbocycles. The number of fused-ring (bicyclic) bond motifs is 1. The van der Waals surface area contributed by atoms with Crippen LogP contribution >= 0.6 is 0 Å². The fourth-order valence-corrected chi connectivity index (χ4v) is 3.44. The quantitative estimate of drug-likeness (QED) is 0.788. The number of nitrogens with one attached hydrogen (secondary N) is 1. The van der Waals surface area contributed by atoms with E-state index < -0.39 is 0 Å². The van der Waals surface area contributed by atoms with Crippen molar-refractivity contribution in [3.63, 3.8) is 0 Å². The van der Waals surface area contributed by atoms with Gasteiger partial charge in [0, 0.05) is 37.6 Å². The van der Waals surface area contributed by atoms with Crippen LogP contribution in [-0.4, -0.2) is 40.8 Å². The summed E-state index contributed by atoms with van der Waals surface area (Å²) in [6, 6.07) is 8.68. The van der Waals surface area contributed by atoms with Gasteiger partial charge in [0.15, 0.2) is 5.82 Å². The number of aromatic nitrogens is 3. The zero-order valence-electron chi connectivity index (χ0n) is 14.3. The van der Waals surface area contributed by atoms with Crippen LogP contribution in [0.4, 0.5) is 5.82 Å². The van der Waals surface area contributed by atoms with Gasteiger partial charge in [0.25, 0.3) is 0 Å². The van der Waals surface area contributed by atoms with E-state index in [2.05, 4.69) is 53.3 Å². The van der Waals surface area contributed by atoms with E-state index >= 15 is 0 Å². The van der Waals surface area contributed by atoms with Crippen molar-refractivity contribution >= 4 is 11.3 Å². The van der Waals surface area contributed by atoms with E-state index in [4.69, 9.17) is 5.10 Å². The summed E-state index contributed by atoms with van der Waals surface area (Å²) < 4.78 is 1.95. The summed E-state index contributed by atoms with van der Waals surface area (Å²) in [4.78, 5) is 7.02. The van der Waals surface area contributed by atoms with Crippen LogP contribution in [0.15, 0.2) is 36.7 Å². The normalized spacial score (nSPS) is 15.7. The summed E-state index contributed by atoms with van der Waals surface area (Å²) in [5.41, 5.74) is 5.81. The zero-order valence-corrected chi connectivity index (χ0v) is 14.3. The molecule has 5 nitrogen and oxygen atoms in total. The molecule has 0 radical (unpaired) electrons. The van der Waals surface area contributed by atoms with Gasteiger partial charge in [-0.1, -0.05) is 23.8 Å². The lowest BCUT2D eigenvalue weighted by molar-refractivity contribution is 0.724. The standard InChI is InChI=1S/C19H23N5/c1-14-4-5-16(15(2)12-14)17-13-18-19(21-8-11-24(18)22-17)23-9-3-6-20-7-10-23/h4-5,8,11-13,20H,3,6-7,9-10H2,1-2H3. The highest BCUT2D eigenvalue weighted by Crippen LogP contribution is 2.27. The Bertz CT molecular complexity index is 859. The van der Waals surface area contributed by atoms with Crippen LogP contribution in [0.5, 0.6) is 0 Å². The van der Waals surface area contributed by atoms with Crippen LogP contribution in [-0.2, 0) is 0 Å². The summed E-state index contributed by atoms with van der Waals surface area (Å²) in [5.74, 6) is 1.03. The summed E-state index contributed by atoms with van der Waals surface area (Å²) >= 11 is 0. The van der Waals surface area contributed by atoms with E-state index in [1.165, 1.54) is 16.7 Å². The molecule has 3 aromatic rings. The van der Waals surface area contributed by atoms with Gasteiger partial charge in [-0.2, -0.15) is 5.10 Å². The van der Waals surface area contributed by atoms with Crippen LogP contribution in [0.25, 0.3) is 16.8 Å². The molecule has 0 spiro atoms. The van der Waals surface area contributed by atoms with Crippen molar-refractivity contribution in [2.45, 2.75) is 20.3 Å². The molecule has 1 N–H and O–H groups in total. The first-order valence-electron chi connectivity index (χ1n) is 8.60. The van der Waals surface area contributed by atoms with Crippen molar-refractivity contribution in [3.05, 3.63) is 47.8 Å². The maximum atomic E-state index is 4.79. The lowest BCUT2D eigenvalue weighted by Crippen LogP contribution is -2.29. The SMILES string of the molecule is Cc1ccc(-c2cc3c(N4CCCNCC4)nccn3n2)c(C)c1. The Hall–Kier alpha value is -2.40. The van der Waals surface area contributed by atoms with Gasteiger partial charge in [-0.15, -0.1) is 0 Å². The molecule has 3 heterocycles. The molecule has 24 heavy (non-hydrogen) atoms. The molecule has 124 valence electrons. The second-order valence-electron chi connectivity index (χ2n) is 6.52. The molecule has 1 saturated heterocycles. The van der Waals surface area contributed by atoms with Gasteiger partial charge in [0.05, 0.1) is 5.69 Å². The summed E-state index contributed by atoms with van der Waals surface area (Å²) in [7, 11) is 0. The number of anilines is 1. The smallest absolute Gasteiger partial charge is 0.154 e. The Morgan fingerprint density at radius 1 is 1.08 bits per heavy atom. The molecule has 0 unspecified atom stereocenters. The third kappa shape index (κ3) is 2.76. The Morgan fingerprint density at radius 3 is 2.88 bits per heavy atom. The monoisotopic (exact) mass is 321 g/mol. The third-order valence-corrected chi connectivity index (χ3v) is 4.67.